The zero-order valence-electron chi connectivity index (χ0n) is 72.0. The Hall–Kier alpha value is -16.9. The largest absolute Gasteiger partial charge is 0.380 e. The van der Waals surface area contributed by atoms with E-state index in [9.17, 15) is 0 Å². The fourth-order valence-corrected chi connectivity index (χ4v) is 24.4. The van der Waals surface area contributed by atoms with Crippen molar-refractivity contribution >= 4 is 78.2 Å². The number of nitrogens with zero attached hydrogens (tertiary/aromatic N) is 10. The molecule has 0 fully saturated rings. The average molecular weight is 1720 g/mol. The quantitative estimate of drug-likeness (QED) is 0.0839. The van der Waals surface area contributed by atoms with Gasteiger partial charge in [0.2, 0.25) is 0 Å². The highest BCUT2D eigenvalue weighted by Gasteiger charge is 2.46. The van der Waals surface area contributed by atoms with Crippen molar-refractivity contribution in [2.75, 3.05) is 0 Å². The molecule has 17 nitrogen and oxygen atoms in total. The lowest BCUT2D eigenvalue weighted by molar-refractivity contribution is 0.515. The topological polar surface area (TPSA) is 226 Å². The second-order valence-corrected chi connectivity index (χ2v) is 37.8. The summed E-state index contributed by atoms with van der Waals surface area (Å²) >= 11 is 0. The number of pyridine rings is 6. The van der Waals surface area contributed by atoms with Gasteiger partial charge in [-0.2, -0.15) is 0 Å². The third-order valence-corrected chi connectivity index (χ3v) is 30.5. The van der Waals surface area contributed by atoms with Gasteiger partial charge < -0.3 is 35.9 Å². The van der Waals surface area contributed by atoms with Crippen LogP contribution in [0.3, 0.4) is 0 Å². The average Bonchev–Trinajstić information content (AvgIpc) is 0.818. The fraction of sp³-hybridized carbons (Fsp3) is 0.111. The first-order chi connectivity index (χ1) is 66.3. The van der Waals surface area contributed by atoms with Crippen LogP contribution in [-0.4, -0.2) is 73.3 Å². The Labute approximate surface area is 767 Å². The summed E-state index contributed by atoms with van der Waals surface area (Å²) in [6.07, 6.45) is 13.9. The van der Waals surface area contributed by atoms with Crippen molar-refractivity contribution in [2.45, 2.75) is 73.3 Å². The van der Waals surface area contributed by atoms with Crippen molar-refractivity contribution < 1.29 is 0 Å². The van der Waals surface area contributed by atoms with E-state index in [1.54, 1.807) is 0 Å². The van der Waals surface area contributed by atoms with Gasteiger partial charge in [0.25, 0.3) is 0 Å². The van der Waals surface area contributed by atoms with E-state index in [1.807, 2.05) is 0 Å². The van der Waals surface area contributed by atoms with Crippen molar-refractivity contribution in [3.63, 3.8) is 0 Å². The van der Waals surface area contributed by atoms with Crippen LogP contribution in [0, 0.1) is 5.92 Å². The van der Waals surface area contributed by atoms with Crippen molar-refractivity contribution in [1.29, 1.82) is 0 Å². The molecule has 0 saturated heterocycles. The van der Waals surface area contributed by atoms with Crippen molar-refractivity contribution in [1.82, 2.24) is 65.8 Å². The van der Waals surface area contributed by atoms with Gasteiger partial charge >= 0.3 is 0 Å². The number of benzene rings is 9. The zero-order chi connectivity index (χ0) is 87.0. The molecule has 4 aliphatic carbocycles. The molecule has 0 spiro atoms. The van der Waals surface area contributed by atoms with Crippen LogP contribution in [0.4, 0.5) is 0 Å². The van der Waals surface area contributed by atoms with E-state index in [-0.39, 0.29) is 59.9 Å². The summed E-state index contributed by atoms with van der Waals surface area (Å²) in [7, 11) is 0. The number of aromatic nitrogens is 10. The predicted molar refractivity (Wildman–Crippen MR) is 529 cm³/mol. The molecule has 17 heteroatoms. The number of fused-ring (bicyclic) bond motifs is 27. The van der Waals surface area contributed by atoms with E-state index < -0.39 is 0 Å². The lowest BCUT2D eigenvalue weighted by atomic mass is 9.77. The fourth-order valence-electron chi connectivity index (χ4n) is 24.4. The number of para-hydroxylation sites is 5. The predicted octanol–water partition coefficient (Wildman–Crippen LogP) is 22.7. The molecule has 9 aromatic carbocycles. The van der Waals surface area contributed by atoms with Gasteiger partial charge in [0, 0.05) is 151 Å². The van der Waals surface area contributed by atoms with Crippen LogP contribution in [0.25, 0.3) is 151 Å². The number of aromatic amines is 4. The lowest BCUT2D eigenvalue weighted by Crippen LogP contribution is -2.32. The molecule has 630 valence electrons. The molecule has 19 aromatic rings. The maximum atomic E-state index is 6.24. The molecule has 12 aliphatic rings. The SMILES string of the molecule is C1=CC2C=C3NC2C(=C1)c1ccc2c(n1)-c1nc(ccc1C1N=C(c4cc(C5=NC6c7ccc8nc7-c7nc(ccc7C6CCC5)-c5cccc6cc([nH]c56)C(c5ccccc5)=C5C=c6cccc-8c6=N5)cc(C5=NC6c7ccc8nc7-c7nc(ccc7C6N5)-c5cccc6cc([nH]c56)C(c5ccccc5)c5cc6cccc-8c6[nH]5)c4)NC21)-c1cccc2cc([nH]c12)C3c1ccccc1. The summed E-state index contributed by atoms with van der Waals surface area (Å²) in [5, 5.41) is 18.8. The zero-order valence-corrected chi connectivity index (χ0v) is 72.0. The summed E-state index contributed by atoms with van der Waals surface area (Å²) in [6, 6.07) is 106. The van der Waals surface area contributed by atoms with E-state index in [2.05, 4.69) is 364 Å². The number of hydrogen-bond acceptors (Lipinski definition) is 13. The Morgan fingerprint density at radius 3 is 1.37 bits per heavy atom. The van der Waals surface area contributed by atoms with Gasteiger partial charge in [0.05, 0.1) is 137 Å². The van der Waals surface area contributed by atoms with Crippen molar-refractivity contribution in [3.05, 3.63) is 439 Å². The normalized spacial score (nSPS) is 21.2. The first kappa shape index (κ1) is 72.9. The van der Waals surface area contributed by atoms with Crippen LogP contribution in [0.15, 0.2) is 353 Å². The third-order valence-electron chi connectivity index (χ3n) is 30.5. The van der Waals surface area contributed by atoms with Crippen molar-refractivity contribution in [3.8, 4) is 90.5 Å². The highest BCUT2D eigenvalue weighted by molar-refractivity contribution is 6.12. The Morgan fingerprint density at radius 2 is 0.791 bits per heavy atom. The summed E-state index contributed by atoms with van der Waals surface area (Å²) in [6.45, 7) is 0. The lowest BCUT2D eigenvalue weighted by Gasteiger charge is -2.32. The molecule has 0 amide bonds. The molecule has 10 aromatic heterocycles. The number of hydrogen-bond donors (Lipinski definition) is 7. The second-order valence-electron chi connectivity index (χ2n) is 37.8. The van der Waals surface area contributed by atoms with Gasteiger partial charge in [-0.25, -0.2) is 34.9 Å². The van der Waals surface area contributed by atoms with Crippen LogP contribution in [0.2, 0.25) is 0 Å². The smallest absolute Gasteiger partial charge is 0.129 e. The molecule has 8 aliphatic heterocycles. The Bertz CT molecular complexity index is 8920. The monoisotopic (exact) mass is 1720 g/mol. The molecule has 134 heavy (non-hydrogen) atoms. The number of amidine groups is 2. The number of aliphatic imine (C=N–C) groups is 3. The van der Waals surface area contributed by atoms with Crippen LogP contribution < -0.4 is 26.5 Å². The Kier molecular flexibility index (Phi) is 14.9. The molecule has 7 N–H and O–H groups in total. The van der Waals surface area contributed by atoms with E-state index in [0.717, 1.165) is 282 Å². The molecular formula is C117H77N17. The van der Waals surface area contributed by atoms with Gasteiger partial charge in [-0.05, 0) is 132 Å². The highest BCUT2D eigenvalue weighted by Crippen LogP contribution is 2.56. The van der Waals surface area contributed by atoms with Crippen molar-refractivity contribution in [2.24, 2.45) is 25.9 Å². The van der Waals surface area contributed by atoms with Gasteiger partial charge in [-0.1, -0.05) is 243 Å². The number of allylic oxidation sites excluding steroid dienone is 4. The number of H-pyrrole nitrogens is 4. The maximum absolute atomic E-state index is 6.24. The van der Waals surface area contributed by atoms with E-state index >= 15 is 0 Å². The molecule has 10 atom stereocenters. The molecule has 0 radical (unpaired) electrons. The summed E-state index contributed by atoms with van der Waals surface area (Å²) in [5.74, 6) is 1.41. The van der Waals surface area contributed by atoms with Crippen LogP contribution >= 0.6 is 0 Å². The van der Waals surface area contributed by atoms with Crippen LogP contribution in [0.1, 0.15) is 162 Å². The first-order valence-electron chi connectivity index (χ1n) is 46.7. The van der Waals surface area contributed by atoms with E-state index in [1.165, 1.54) is 11.1 Å². The summed E-state index contributed by atoms with van der Waals surface area (Å²) in [4.78, 5) is 74.7. The molecule has 24 bridgehead atoms. The van der Waals surface area contributed by atoms with Gasteiger partial charge in [-0.15, -0.1) is 0 Å². The minimum absolute atomic E-state index is 0.0228. The first-order valence-corrected chi connectivity index (χ1v) is 46.7. The Balaban J connectivity index is 0.583. The van der Waals surface area contributed by atoms with E-state index in [4.69, 9.17) is 49.9 Å². The minimum atomic E-state index is -0.387. The van der Waals surface area contributed by atoms with Gasteiger partial charge in [0.15, 0.2) is 0 Å². The molecule has 18 heterocycles. The summed E-state index contributed by atoms with van der Waals surface area (Å²) in [5.41, 5.74) is 41.4. The molecular weight excluding hydrogens is 1640 g/mol. The maximum Gasteiger partial charge on any atom is 0.129 e. The molecule has 31 rings (SSSR count). The standard InChI is InChI=1S/C117H77N17/c1-4-17-58(18-5-1)96-90-52-61-23-10-30-72(99(61)125-90)84-43-37-71-70-29-16-36-83(118-105(70)78-38-44-85(120-107(78)106(71)119-84)73-31-11-24-62-53-91(96)126-100(62)73)67-49-68(116-131-112-79-39-45-86-74-32-12-25-63-54-92(127-101(63)74)97(59-19-6-2-7-20-59)93-55-64-26-13-33-75(102(64)128-93)87-46-40-80(113(112)132-116)109(122-87)108(79)121-86)51-69(50-67)117-133-114-81-41-47-88-76-34-14-27-65-56-94(129-103(65)76)98(60-21-8-3-9-22-60)95-57-66-28-15-35-77(104(66)130-95)89-48-42-82(115(114)134-117)111(124-89)110(81)123-88/h1-15,17-28,30-35,37-57,63,70,97-98,101,105,112-115,125,127-130H,16,29,36H2,(H,131,132)(H,133,134). The second kappa shape index (κ2) is 27.4. The minimum Gasteiger partial charge on any atom is -0.380 e. The number of nitrogens with one attached hydrogen (secondary N) is 7. The van der Waals surface area contributed by atoms with Gasteiger partial charge in [0.1, 0.15) is 23.8 Å². The summed E-state index contributed by atoms with van der Waals surface area (Å²) < 4.78 is 0. The Morgan fingerprint density at radius 1 is 0.336 bits per heavy atom. The molecule has 0 saturated carbocycles. The highest BCUT2D eigenvalue weighted by atomic mass is 15.2. The number of rotatable bonds is 6. The molecule has 10 unspecified atom stereocenters. The van der Waals surface area contributed by atoms with Crippen LogP contribution in [0.5, 0.6) is 0 Å². The third kappa shape index (κ3) is 10.6. The van der Waals surface area contributed by atoms with Crippen LogP contribution in [-0.2, 0) is 0 Å². The van der Waals surface area contributed by atoms with E-state index in [0.29, 0.717) is 6.42 Å². The van der Waals surface area contributed by atoms with Gasteiger partial charge in [-0.3, -0.25) is 15.0 Å².